The van der Waals surface area contributed by atoms with Crippen molar-refractivity contribution in [2.45, 2.75) is 348 Å². The van der Waals surface area contributed by atoms with Crippen molar-refractivity contribution in [3.05, 3.63) is 97.2 Å². The van der Waals surface area contributed by atoms with Gasteiger partial charge in [-0.3, -0.25) is 14.4 Å². The number of carbonyl (C=O) groups is 3. The Morgan fingerprint density at radius 2 is 0.481 bits per heavy atom. The standard InChI is InChI=1S/C75H130O6/c1-4-7-10-13-16-19-22-25-28-31-33-34-35-36-37-38-39-40-42-44-47-50-53-56-59-62-65-68-74(77)80-71-72(70-79-73(76)67-64-61-58-55-52-49-46-43-30-27-24-21-18-15-12-9-6-3)81-75(78)69-66-63-60-57-54-51-48-45-41-32-29-26-23-20-17-14-11-8-5-2/h8,11,17-18,20-22,25-27,29-31,33,41,45,72H,4-7,9-10,12-16,19,23-24,28,32,34-40,42-44,46-71H2,1-3H3/b11-8-,20-17-,21-18-,25-22-,29-26-,30-27-,33-31-,45-41-. The molecule has 0 bridgehead atoms. The Bertz CT molecular complexity index is 1580. The van der Waals surface area contributed by atoms with E-state index in [0.29, 0.717) is 19.3 Å². The van der Waals surface area contributed by atoms with Crippen molar-refractivity contribution in [1.29, 1.82) is 0 Å². The molecule has 0 spiro atoms. The fourth-order valence-corrected chi connectivity index (χ4v) is 9.85. The van der Waals surface area contributed by atoms with E-state index in [4.69, 9.17) is 14.2 Å². The average Bonchev–Trinajstić information content (AvgIpc) is 3.47. The lowest BCUT2D eigenvalue weighted by Crippen LogP contribution is -2.30. The van der Waals surface area contributed by atoms with Gasteiger partial charge < -0.3 is 14.2 Å². The monoisotopic (exact) mass is 1130 g/mol. The molecule has 0 N–H and O–H groups in total. The SMILES string of the molecule is CC/C=C\C/C=C\C/C=C\C/C=C\CCCCCCCCC(=O)OC(COC(=O)CCCCCCCCC/C=C\C/C=C\CCCCC)COC(=O)CCCCCCCCCCCCCCCCC/C=C\C/C=C\CCCCCCC. The van der Waals surface area contributed by atoms with E-state index in [2.05, 4.69) is 118 Å². The normalized spacial score (nSPS) is 12.7. The molecule has 0 radical (unpaired) electrons. The third-order valence-corrected chi connectivity index (χ3v) is 15.0. The van der Waals surface area contributed by atoms with Crippen LogP contribution in [0.5, 0.6) is 0 Å². The summed E-state index contributed by atoms with van der Waals surface area (Å²) in [6.07, 6.45) is 92.8. The van der Waals surface area contributed by atoms with Gasteiger partial charge in [-0.05, 0) is 122 Å². The van der Waals surface area contributed by atoms with Gasteiger partial charge >= 0.3 is 17.9 Å². The van der Waals surface area contributed by atoms with Gasteiger partial charge in [-0.1, -0.05) is 298 Å². The van der Waals surface area contributed by atoms with E-state index < -0.39 is 6.10 Å². The van der Waals surface area contributed by atoms with E-state index in [1.54, 1.807) is 0 Å². The molecule has 0 aliphatic rings. The Hall–Kier alpha value is -3.67. The summed E-state index contributed by atoms with van der Waals surface area (Å²) in [4.78, 5) is 38.4. The highest BCUT2D eigenvalue weighted by Gasteiger charge is 2.19. The lowest BCUT2D eigenvalue weighted by Gasteiger charge is -2.18. The third-order valence-electron chi connectivity index (χ3n) is 15.0. The lowest BCUT2D eigenvalue weighted by atomic mass is 10.0. The molecule has 0 aromatic rings. The van der Waals surface area contributed by atoms with E-state index in [0.717, 1.165) is 116 Å². The van der Waals surface area contributed by atoms with Crippen molar-refractivity contribution in [2.24, 2.45) is 0 Å². The van der Waals surface area contributed by atoms with Crippen molar-refractivity contribution in [3.63, 3.8) is 0 Å². The molecule has 0 saturated heterocycles. The van der Waals surface area contributed by atoms with E-state index in [-0.39, 0.29) is 31.1 Å². The van der Waals surface area contributed by atoms with E-state index in [1.165, 1.54) is 186 Å². The first-order chi connectivity index (χ1) is 40.0. The zero-order valence-electron chi connectivity index (χ0n) is 53.5. The van der Waals surface area contributed by atoms with Gasteiger partial charge in [-0.15, -0.1) is 0 Å². The molecular formula is C75H130O6. The van der Waals surface area contributed by atoms with Crippen molar-refractivity contribution in [2.75, 3.05) is 13.2 Å². The molecule has 0 saturated carbocycles. The highest BCUT2D eigenvalue weighted by Crippen LogP contribution is 2.17. The number of rotatable bonds is 63. The second kappa shape index (κ2) is 68.8. The fourth-order valence-electron chi connectivity index (χ4n) is 9.85. The summed E-state index contributed by atoms with van der Waals surface area (Å²) in [5.74, 6) is -0.892. The van der Waals surface area contributed by atoms with Crippen LogP contribution in [0.15, 0.2) is 97.2 Å². The summed E-state index contributed by atoms with van der Waals surface area (Å²) in [5.41, 5.74) is 0. The first-order valence-corrected chi connectivity index (χ1v) is 34.7. The topological polar surface area (TPSA) is 78.9 Å². The molecule has 466 valence electrons. The Kier molecular flexibility index (Phi) is 65.7. The van der Waals surface area contributed by atoms with E-state index in [1.807, 2.05) is 0 Å². The maximum absolute atomic E-state index is 12.9. The van der Waals surface area contributed by atoms with Crippen molar-refractivity contribution >= 4 is 17.9 Å². The Morgan fingerprint density at radius 1 is 0.259 bits per heavy atom. The first-order valence-electron chi connectivity index (χ1n) is 34.7. The lowest BCUT2D eigenvalue weighted by molar-refractivity contribution is -0.167. The second-order valence-electron chi connectivity index (χ2n) is 23.1. The van der Waals surface area contributed by atoms with Crippen molar-refractivity contribution in [1.82, 2.24) is 0 Å². The predicted molar refractivity (Wildman–Crippen MR) is 353 cm³/mol. The van der Waals surface area contributed by atoms with Crippen LogP contribution in [0.25, 0.3) is 0 Å². The molecule has 0 aromatic carbocycles. The first kappa shape index (κ1) is 77.3. The van der Waals surface area contributed by atoms with Gasteiger partial charge in [0.15, 0.2) is 6.10 Å². The highest BCUT2D eigenvalue weighted by molar-refractivity contribution is 5.71. The van der Waals surface area contributed by atoms with Crippen LogP contribution < -0.4 is 0 Å². The largest absolute Gasteiger partial charge is 0.462 e. The maximum atomic E-state index is 12.9. The van der Waals surface area contributed by atoms with Crippen LogP contribution in [0.3, 0.4) is 0 Å². The molecule has 0 amide bonds. The maximum Gasteiger partial charge on any atom is 0.306 e. The minimum atomic E-state index is -0.791. The van der Waals surface area contributed by atoms with Crippen LogP contribution in [-0.2, 0) is 28.6 Å². The predicted octanol–water partition coefficient (Wildman–Crippen LogP) is 24.0. The molecule has 0 aliphatic heterocycles. The van der Waals surface area contributed by atoms with Gasteiger partial charge in [0.1, 0.15) is 13.2 Å². The van der Waals surface area contributed by atoms with Crippen molar-refractivity contribution < 1.29 is 28.6 Å². The molecule has 6 heteroatoms. The van der Waals surface area contributed by atoms with Gasteiger partial charge in [-0.25, -0.2) is 0 Å². The van der Waals surface area contributed by atoms with Gasteiger partial charge in [0.05, 0.1) is 0 Å². The quantitative estimate of drug-likeness (QED) is 0.0261. The molecule has 81 heavy (non-hydrogen) atoms. The molecule has 0 heterocycles. The van der Waals surface area contributed by atoms with Crippen molar-refractivity contribution in [3.8, 4) is 0 Å². The zero-order valence-corrected chi connectivity index (χ0v) is 53.5. The molecule has 0 aliphatic carbocycles. The molecule has 1 unspecified atom stereocenters. The number of esters is 3. The summed E-state index contributed by atoms with van der Waals surface area (Å²) >= 11 is 0. The number of hydrogen-bond donors (Lipinski definition) is 0. The van der Waals surface area contributed by atoms with Crippen LogP contribution >= 0.6 is 0 Å². The number of carbonyl (C=O) groups excluding carboxylic acids is 3. The number of ether oxygens (including phenoxy) is 3. The van der Waals surface area contributed by atoms with Gasteiger partial charge in [0, 0.05) is 19.3 Å². The average molecular weight is 1130 g/mol. The Balaban J connectivity index is 4.34. The number of hydrogen-bond acceptors (Lipinski definition) is 6. The summed E-state index contributed by atoms with van der Waals surface area (Å²) in [6.45, 7) is 6.51. The summed E-state index contributed by atoms with van der Waals surface area (Å²) in [5, 5.41) is 0. The van der Waals surface area contributed by atoms with Gasteiger partial charge in [0.25, 0.3) is 0 Å². The van der Waals surface area contributed by atoms with Crippen LogP contribution in [0, 0.1) is 0 Å². The Morgan fingerprint density at radius 3 is 0.778 bits per heavy atom. The number of unbranched alkanes of at least 4 members (excludes halogenated alkanes) is 36. The molecule has 1 atom stereocenters. The molecule has 0 rings (SSSR count). The van der Waals surface area contributed by atoms with Gasteiger partial charge in [-0.2, -0.15) is 0 Å². The smallest absolute Gasteiger partial charge is 0.306 e. The summed E-state index contributed by atoms with van der Waals surface area (Å²) in [7, 11) is 0. The summed E-state index contributed by atoms with van der Waals surface area (Å²) in [6, 6.07) is 0. The minimum Gasteiger partial charge on any atom is -0.462 e. The van der Waals surface area contributed by atoms with Crippen LogP contribution in [0.4, 0.5) is 0 Å². The minimum absolute atomic E-state index is 0.0846. The van der Waals surface area contributed by atoms with E-state index >= 15 is 0 Å². The molecular weight excluding hydrogens is 997 g/mol. The molecule has 6 nitrogen and oxygen atoms in total. The fraction of sp³-hybridized carbons (Fsp3) is 0.747. The Labute approximate surface area is 502 Å². The second-order valence-corrected chi connectivity index (χ2v) is 23.1. The number of allylic oxidation sites excluding steroid dienone is 16. The summed E-state index contributed by atoms with van der Waals surface area (Å²) < 4.78 is 17.0. The van der Waals surface area contributed by atoms with Gasteiger partial charge in [0.2, 0.25) is 0 Å². The van der Waals surface area contributed by atoms with Crippen LogP contribution in [-0.4, -0.2) is 37.2 Å². The zero-order chi connectivity index (χ0) is 58.5. The third kappa shape index (κ3) is 67.0. The van der Waals surface area contributed by atoms with E-state index in [9.17, 15) is 14.4 Å². The highest BCUT2D eigenvalue weighted by atomic mass is 16.6. The molecule has 0 fully saturated rings. The molecule has 0 aromatic heterocycles. The van der Waals surface area contributed by atoms with Crippen LogP contribution in [0.2, 0.25) is 0 Å². The van der Waals surface area contributed by atoms with Crippen LogP contribution in [0.1, 0.15) is 342 Å².